The van der Waals surface area contributed by atoms with E-state index in [4.69, 9.17) is 0 Å². The van der Waals surface area contributed by atoms with E-state index in [9.17, 15) is 19.7 Å². The Morgan fingerprint density at radius 1 is 1.11 bits per heavy atom. The van der Waals surface area contributed by atoms with Gasteiger partial charge >= 0.3 is 0 Å². The zero-order valence-corrected chi connectivity index (χ0v) is 9.04. The third-order valence-corrected chi connectivity index (χ3v) is 2.14. The number of non-ortho nitro benzene ring substituents is 1. The summed E-state index contributed by atoms with van der Waals surface area (Å²) in [4.78, 5) is 36.0. The van der Waals surface area contributed by atoms with Crippen molar-refractivity contribution >= 4 is 29.1 Å². The number of guanidine groups is 1. The third-order valence-electron chi connectivity index (χ3n) is 2.14. The molecule has 1 aliphatic rings. The van der Waals surface area contributed by atoms with Crippen LogP contribution < -0.4 is 10.6 Å². The van der Waals surface area contributed by atoms with Crippen molar-refractivity contribution in [2.75, 3.05) is 0 Å². The standard InChI is InChI=1S/C10H8N4O4/c15-8-5-9(16)13-10(12-8)11-6-1-3-7(4-2-6)14(17)18/h1-4H,5H2,(H2,11,12,13,15,16). The second-order valence-corrected chi connectivity index (χ2v) is 3.51. The molecule has 2 rings (SSSR count). The summed E-state index contributed by atoms with van der Waals surface area (Å²) in [6, 6.07) is 5.40. The van der Waals surface area contributed by atoms with Crippen LogP contribution in [0.3, 0.4) is 0 Å². The summed E-state index contributed by atoms with van der Waals surface area (Å²) in [5.74, 6) is -0.871. The Hall–Kier alpha value is -2.77. The highest BCUT2D eigenvalue weighted by Gasteiger charge is 2.19. The number of carbonyl (C=O) groups excluding carboxylic acids is 2. The maximum Gasteiger partial charge on any atom is 0.269 e. The van der Waals surface area contributed by atoms with Gasteiger partial charge in [-0.1, -0.05) is 0 Å². The Balaban J connectivity index is 2.19. The first-order chi connectivity index (χ1) is 8.54. The molecule has 1 fully saturated rings. The van der Waals surface area contributed by atoms with Crippen molar-refractivity contribution in [3.63, 3.8) is 0 Å². The average Bonchev–Trinajstić information content (AvgIpc) is 2.28. The van der Waals surface area contributed by atoms with Gasteiger partial charge < -0.3 is 0 Å². The van der Waals surface area contributed by atoms with E-state index in [0.29, 0.717) is 5.69 Å². The van der Waals surface area contributed by atoms with Gasteiger partial charge in [0.1, 0.15) is 6.42 Å². The molecule has 1 aromatic rings. The summed E-state index contributed by atoms with van der Waals surface area (Å²) in [5, 5.41) is 15.2. The summed E-state index contributed by atoms with van der Waals surface area (Å²) in [6.45, 7) is 0. The highest BCUT2D eigenvalue weighted by atomic mass is 16.6. The largest absolute Gasteiger partial charge is 0.296 e. The number of nitrogens with zero attached hydrogens (tertiary/aromatic N) is 2. The number of nitrogens with one attached hydrogen (secondary N) is 2. The highest BCUT2D eigenvalue weighted by Crippen LogP contribution is 2.17. The number of hydrogen-bond donors (Lipinski definition) is 2. The maximum atomic E-state index is 11.1. The molecular formula is C10H8N4O4. The van der Waals surface area contributed by atoms with Gasteiger partial charge in [-0.25, -0.2) is 4.99 Å². The molecule has 2 amide bonds. The van der Waals surface area contributed by atoms with Crippen molar-refractivity contribution in [1.29, 1.82) is 0 Å². The van der Waals surface area contributed by atoms with Crippen LogP contribution in [0.1, 0.15) is 6.42 Å². The van der Waals surface area contributed by atoms with Crippen LogP contribution in [0.15, 0.2) is 29.3 Å². The molecule has 92 valence electrons. The van der Waals surface area contributed by atoms with E-state index in [2.05, 4.69) is 15.6 Å². The van der Waals surface area contributed by atoms with E-state index in [0.717, 1.165) is 0 Å². The topological polar surface area (TPSA) is 114 Å². The minimum atomic E-state index is -0.527. The van der Waals surface area contributed by atoms with Crippen LogP contribution in [0.25, 0.3) is 0 Å². The zero-order valence-electron chi connectivity index (χ0n) is 9.04. The lowest BCUT2D eigenvalue weighted by Gasteiger charge is -2.14. The number of nitro benzene ring substituents is 1. The number of amides is 2. The van der Waals surface area contributed by atoms with Crippen LogP contribution >= 0.6 is 0 Å². The van der Waals surface area contributed by atoms with Crippen molar-refractivity contribution in [3.8, 4) is 0 Å². The zero-order chi connectivity index (χ0) is 13.1. The SMILES string of the molecule is O=C1CC(=O)NC(=Nc2ccc([N+](=O)[O-])cc2)N1. The lowest BCUT2D eigenvalue weighted by Crippen LogP contribution is -2.50. The molecule has 18 heavy (non-hydrogen) atoms. The van der Waals surface area contributed by atoms with Crippen LogP contribution in [-0.4, -0.2) is 22.7 Å². The molecule has 8 heteroatoms. The van der Waals surface area contributed by atoms with Gasteiger partial charge in [0.05, 0.1) is 10.6 Å². The molecule has 0 saturated carbocycles. The Morgan fingerprint density at radius 3 is 2.17 bits per heavy atom. The normalized spacial score (nSPS) is 14.8. The summed E-state index contributed by atoms with van der Waals surface area (Å²) in [6.07, 6.45) is -0.237. The first-order valence-electron chi connectivity index (χ1n) is 4.97. The van der Waals surface area contributed by atoms with Gasteiger partial charge in [-0.2, -0.15) is 0 Å². The quantitative estimate of drug-likeness (QED) is 0.442. The van der Waals surface area contributed by atoms with E-state index >= 15 is 0 Å². The van der Waals surface area contributed by atoms with Crippen molar-refractivity contribution < 1.29 is 14.5 Å². The number of nitro groups is 1. The van der Waals surface area contributed by atoms with Gasteiger partial charge in [0.25, 0.3) is 5.69 Å². The molecule has 8 nitrogen and oxygen atoms in total. The fourth-order valence-corrected chi connectivity index (χ4v) is 1.36. The van der Waals surface area contributed by atoms with Gasteiger partial charge in [0.15, 0.2) is 0 Å². The van der Waals surface area contributed by atoms with E-state index in [-0.39, 0.29) is 18.1 Å². The Kier molecular flexibility index (Phi) is 3.00. The van der Waals surface area contributed by atoms with E-state index in [1.54, 1.807) is 0 Å². The fraction of sp³-hybridized carbons (Fsp3) is 0.100. The van der Waals surface area contributed by atoms with Crippen molar-refractivity contribution in [1.82, 2.24) is 10.6 Å². The Bertz CT molecular complexity index is 532. The van der Waals surface area contributed by atoms with Crippen LogP contribution in [0.4, 0.5) is 11.4 Å². The van der Waals surface area contributed by atoms with Crippen LogP contribution in [0, 0.1) is 10.1 Å². The van der Waals surface area contributed by atoms with E-state index in [1.807, 2.05) is 0 Å². The summed E-state index contributed by atoms with van der Waals surface area (Å²) in [7, 11) is 0. The third kappa shape index (κ3) is 2.67. The average molecular weight is 248 g/mol. The van der Waals surface area contributed by atoms with Gasteiger partial charge in [0.2, 0.25) is 17.8 Å². The second kappa shape index (κ2) is 4.62. The predicted molar refractivity (Wildman–Crippen MR) is 61.1 cm³/mol. The molecule has 0 bridgehead atoms. The molecule has 0 aromatic heterocycles. The first-order valence-corrected chi connectivity index (χ1v) is 4.97. The van der Waals surface area contributed by atoms with Gasteiger partial charge in [-0.05, 0) is 12.1 Å². The summed E-state index contributed by atoms with van der Waals surface area (Å²) in [5.41, 5.74) is 0.328. The van der Waals surface area contributed by atoms with Crippen molar-refractivity contribution in [2.24, 2.45) is 4.99 Å². The Morgan fingerprint density at radius 2 is 1.67 bits per heavy atom. The molecular weight excluding hydrogens is 240 g/mol. The first kappa shape index (κ1) is 11.7. The highest BCUT2D eigenvalue weighted by molar-refractivity contribution is 6.16. The Labute approximate surface area is 101 Å². The van der Waals surface area contributed by atoms with Crippen LogP contribution in [0.2, 0.25) is 0 Å². The monoisotopic (exact) mass is 248 g/mol. The molecule has 1 aromatic carbocycles. The molecule has 0 spiro atoms. The fourth-order valence-electron chi connectivity index (χ4n) is 1.36. The predicted octanol–water partition coefficient (Wildman–Crippen LogP) is 0.218. The van der Waals surface area contributed by atoms with Crippen LogP contribution in [0.5, 0.6) is 0 Å². The van der Waals surface area contributed by atoms with Crippen LogP contribution in [-0.2, 0) is 9.59 Å². The van der Waals surface area contributed by atoms with Gasteiger partial charge in [-0.3, -0.25) is 30.3 Å². The van der Waals surface area contributed by atoms with Gasteiger partial charge in [0, 0.05) is 12.1 Å². The summed E-state index contributed by atoms with van der Waals surface area (Å²) < 4.78 is 0. The minimum Gasteiger partial charge on any atom is -0.296 e. The molecule has 0 unspecified atom stereocenters. The molecule has 0 atom stereocenters. The number of rotatable bonds is 2. The molecule has 1 aliphatic heterocycles. The van der Waals surface area contributed by atoms with Crippen molar-refractivity contribution in [2.45, 2.75) is 6.42 Å². The number of benzene rings is 1. The van der Waals surface area contributed by atoms with E-state index < -0.39 is 16.7 Å². The lowest BCUT2D eigenvalue weighted by atomic mass is 10.3. The van der Waals surface area contributed by atoms with E-state index in [1.165, 1.54) is 24.3 Å². The number of carbonyl (C=O) groups is 2. The molecule has 1 heterocycles. The maximum absolute atomic E-state index is 11.1. The molecule has 1 saturated heterocycles. The van der Waals surface area contributed by atoms with Gasteiger partial charge in [-0.15, -0.1) is 0 Å². The molecule has 2 N–H and O–H groups in total. The second-order valence-electron chi connectivity index (χ2n) is 3.51. The minimum absolute atomic E-state index is 0.0186. The smallest absolute Gasteiger partial charge is 0.269 e. The summed E-state index contributed by atoms with van der Waals surface area (Å²) >= 11 is 0. The molecule has 0 radical (unpaired) electrons. The lowest BCUT2D eigenvalue weighted by molar-refractivity contribution is -0.384. The molecule has 0 aliphatic carbocycles. The number of hydrogen-bond acceptors (Lipinski definition) is 5. The number of aliphatic imine (C=N–C) groups is 1. The van der Waals surface area contributed by atoms with Crippen molar-refractivity contribution in [3.05, 3.63) is 34.4 Å².